The van der Waals surface area contributed by atoms with E-state index < -0.39 is 0 Å². The molecule has 0 radical (unpaired) electrons. The summed E-state index contributed by atoms with van der Waals surface area (Å²) in [5.41, 5.74) is 4.80. The van der Waals surface area contributed by atoms with E-state index in [2.05, 4.69) is 53.2 Å². The number of fused-ring (bicyclic) bond motifs is 1. The molecule has 0 saturated heterocycles. The van der Waals surface area contributed by atoms with Crippen LogP contribution in [0.2, 0.25) is 5.02 Å². The summed E-state index contributed by atoms with van der Waals surface area (Å²) in [5.74, 6) is 1.02. The minimum absolute atomic E-state index is 0.154. The molecule has 0 aromatic heterocycles. The van der Waals surface area contributed by atoms with Crippen LogP contribution in [0.3, 0.4) is 0 Å². The molecule has 0 amide bonds. The molecule has 20 heavy (non-hydrogen) atoms. The van der Waals surface area contributed by atoms with E-state index in [1.54, 1.807) is 0 Å². The molecule has 3 heteroatoms. The van der Waals surface area contributed by atoms with E-state index in [1.165, 1.54) is 16.7 Å². The Kier molecular flexibility index (Phi) is 3.78. The second-order valence-electron chi connectivity index (χ2n) is 5.37. The monoisotopic (exact) mass is 350 g/mol. The Balaban J connectivity index is 1.93. The van der Waals surface area contributed by atoms with Crippen molar-refractivity contribution in [2.24, 2.45) is 0 Å². The van der Waals surface area contributed by atoms with Crippen molar-refractivity contribution in [2.45, 2.75) is 31.2 Å². The fourth-order valence-electron chi connectivity index (χ4n) is 2.56. The van der Waals surface area contributed by atoms with Gasteiger partial charge < -0.3 is 4.74 Å². The first kappa shape index (κ1) is 14.0. The summed E-state index contributed by atoms with van der Waals surface area (Å²) < 4.78 is 5.75. The Bertz CT molecular complexity index is 653. The van der Waals surface area contributed by atoms with Crippen LogP contribution < -0.4 is 4.74 Å². The molecule has 1 aliphatic heterocycles. The molecule has 0 N–H and O–H groups in total. The second kappa shape index (κ2) is 5.42. The van der Waals surface area contributed by atoms with Crippen LogP contribution in [0.5, 0.6) is 5.75 Å². The third kappa shape index (κ3) is 2.59. The fraction of sp³-hybridized carbons (Fsp3) is 0.294. The van der Waals surface area contributed by atoms with Crippen LogP contribution in [0, 0.1) is 6.92 Å². The van der Waals surface area contributed by atoms with Crippen molar-refractivity contribution in [1.82, 2.24) is 0 Å². The van der Waals surface area contributed by atoms with E-state index in [1.807, 2.05) is 13.0 Å². The highest BCUT2D eigenvalue weighted by Gasteiger charge is 2.21. The molecular formula is C17H16BrClO. The van der Waals surface area contributed by atoms with E-state index in [0.717, 1.165) is 22.8 Å². The number of ether oxygens (including phenoxy) is 1. The van der Waals surface area contributed by atoms with Gasteiger partial charge in [-0.1, -0.05) is 51.8 Å². The number of benzene rings is 2. The van der Waals surface area contributed by atoms with Crippen LogP contribution in [-0.4, -0.2) is 6.10 Å². The minimum atomic E-state index is 0.154. The molecule has 0 saturated carbocycles. The summed E-state index contributed by atoms with van der Waals surface area (Å²) in [5, 5.41) is 0.810. The SMILES string of the molecule is Cc1ccc(C(Br)c2ccc3c(c2)CC(C)O3)cc1Cl. The fourth-order valence-corrected chi connectivity index (χ4v) is 3.32. The maximum Gasteiger partial charge on any atom is 0.123 e. The Morgan fingerprint density at radius 1 is 1.20 bits per heavy atom. The van der Waals surface area contributed by atoms with Gasteiger partial charge in [0.05, 0.1) is 4.83 Å². The normalized spacial score (nSPS) is 18.5. The van der Waals surface area contributed by atoms with Crippen LogP contribution in [0.1, 0.15) is 34.0 Å². The van der Waals surface area contributed by atoms with Crippen molar-refractivity contribution in [3.63, 3.8) is 0 Å². The number of hydrogen-bond acceptors (Lipinski definition) is 1. The lowest BCUT2D eigenvalue weighted by Gasteiger charge is -2.13. The van der Waals surface area contributed by atoms with Crippen LogP contribution in [-0.2, 0) is 6.42 Å². The van der Waals surface area contributed by atoms with Gasteiger partial charge >= 0.3 is 0 Å². The van der Waals surface area contributed by atoms with Crippen molar-refractivity contribution in [3.05, 3.63) is 63.7 Å². The van der Waals surface area contributed by atoms with Crippen molar-refractivity contribution >= 4 is 27.5 Å². The predicted octanol–water partition coefficient (Wildman–Crippen LogP) is 5.46. The number of hydrogen-bond donors (Lipinski definition) is 0. The minimum Gasteiger partial charge on any atom is -0.490 e. The van der Waals surface area contributed by atoms with E-state index in [4.69, 9.17) is 16.3 Å². The maximum absolute atomic E-state index is 6.22. The second-order valence-corrected chi connectivity index (χ2v) is 6.69. The topological polar surface area (TPSA) is 9.23 Å². The molecule has 0 aliphatic carbocycles. The lowest BCUT2D eigenvalue weighted by Crippen LogP contribution is -2.05. The van der Waals surface area contributed by atoms with Gasteiger partial charge in [0, 0.05) is 11.4 Å². The van der Waals surface area contributed by atoms with Gasteiger partial charge in [0.25, 0.3) is 0 Å². The first-order valence-corrected chi connectivity index (χ1v) is 8.03. The van der Waals surface area contributed by atoms with Crippen molar-refractivity contribution < 1.29 is 4.74 Å². The van der Waals surface area contributed by atoms with Gasteiger partial charge in [0.15, 0.2) is 0 Å². The summed E-state index contributed by atoms with van der Waals surface area (Å²) in [6, 6.07) is 12.6. The largest absolute Gasteiger partial charge is 0.490 e. The van der Waals surface area contributed by atoms with Crippen LogP contribution >= 0.6 is 27.5 Å². The molecule has 2 unspecified atom stereocenters. The van der Waals surface area contributed by atoms with Gasteiger partial charge in [-0.2, -0.15) is 0 Å². The van der Waals surface area contributed by atoms with Crippen LogP contribution in [0.15, 0.2) is 36.4 Å². The Hall–Kier alpha value is -0.990. The van der Waals surface area contributed by atoms with Crippen molar-refractivity contribution in [2.75, 3.05) is 0 Å². The molecule has 2 aromatic carbocycles. The standard InChI is InChI=1S/C17H16BrClO/c1-10-3-4-13(9-15(10)19)17(18)12-5-6-16-14(8-12)7-11(2)20-16/h3-6,8-9,11,17H,7H2,1-2H3. The molecule has 2 atom stereocenters. The maximum atomic E-state index is 6.22. The third-order valence-corrected chi connectivity index (χ3v) is 5.17. The van der Waals surface area contributed by atoms with Crippen molar-refractivity contribution in [1.29, 1.82) is 0 Å². The van der Waals surface area contributed by atoms with E-state index in [9.17, 15) is 0 Å². The van der Waals surface area contributed by atoms with Gasteiger partial charge in [-0.05, 0) is 48.2 Å². The Morgan fingerprint density at radius 2 is 1.90 bits per heavy atom. The summed E-state index contributed by atoms with van der Waals surface area (Å²) >= 11 is 9.99. The number of halogens is 2. The smallest absolute Gasteiger partial charge is 0.123 e. The molecule has 1 heterocycles. The molecule has 104 valence electrons. The molecule has 3 rings (SSSR count). The lowest BCUT2D eigenvalue weighted by molar-refractivity contribution is 0.254. The summed E-state index contributed by atoms with van der Waals surface area (Å²) in [4.78, 5) is 0.154. The molecular weight excluding hydrogens is 336 g/mol. The van der Waals surface area contributed by atoms with Gasteiger partial charge in [0.1, 0.15) is 11.9 Å². The van der Waals surface area contributed by atoms with Gasteiger partial charge in [-0.15, -0.1) is 0 Å². The zero-order valence-electron chi connectivity index (χ0n) is 11.5. The molecule has 2 aromatic rings. The highest BCUT2D eigenvalue weighted by atomic mass is 79.9. The molecule has 0 fully saturated rings. The average Bonchev–Trinajstić information content (AvgIpc) is 2.80. The highest BCUT2D eigenvalue weighted by Crippen LogP contribution is 2.37. The quantitative estimate of drug-likeness (QED) is 0.653. The summed E-state index contributed by atoms with van der Waals surface area (Å²) in [6.45, 7) is 4.12. The first-order valence-electron chi connectivity index (χ1n) is 6.74. The Morgan fingerprint density at radius 3 is 2.65 bits per heavy atom. The molecule has 1 aliphatic rings. The van der Waals surface area contributed by atoms with Gasteiger partial charge in [0.2, 0.25) is 0 Å². The number of rotatable bonds is 2. The summed E-state index contributed by atoms with van der Waals surface area (Å²) in [7, 11) is 0. The van der Waals surface area contributed by atoms with Gasteiger partial charge in [-0.25, -0.2) is 0 Å². The Labute approximate surface area is 133 Å². The zero-order chi connectivity index (χ0) is 14.3. The van der Waals surface area contributed by atoms with Crippen molar-refractivity contribution in [3.8, 4) is 5.75 Å². The summed E-state index contributed by atoms with van der Waals surface area (Å²) in [6.07, 6.45) is 1.26. The van der Waals surface area contributed by atoms with E-state index in [-0.39, 0.29) is 10.9 Å². The van der Waals surface area contributed by atoms with E-state index in [0.29, 0.717) is 0 Å². The van der Waals surface area contributed by atoms with Gasteiger partial charge in [-0.3, -0.25) is 0 Å². The molecule has 1 nitrogen and oxygen atoms in total. The van der Waals surface area contributed by atoms with Crippen LogP contribution in [0.25, 0.3) is 0 Å². The predicted molar refractivity (Wildman–Crippen MR) is 87.2 cm³/mol. The molecule has 0 bridgehead atoms. The first-order chi connectivity index (χ1) is 9.54. The lowest BCUT2D eigenvalue weighted by atomic mass is 10.0. The molecule has 0 spiro atoms. The van der Waals surface area contributed by atoms with Crippen LogP contribution in [0.4, 0.5) is 0 Å². The zero-order valence-corrected chi connectivity index (χ0v) is 13.8. The highest BCUT2D eigenvalue weighted by molar-refractivity contribution is 9.09. The third-order valence-electron chi connectivity index (χ3n) is 3.70. The number of alkyl halides is 1. The van der Waals surface area contributed by atoms with E-state index >= 15 is 0 Å². The number of aryl methyl sites for hydroxylation is 1. The average molecular weight is 352 g/mol.